The van der Waals surface area contributed by atoms with Gasteiger partial charge in [-0.1, -0.05) is 11.3 Å². The van der Waals surface area contributed by atoms with Gasteiger partial charge in [-0.2, -0.15) is 0 Å². The van der Waals surface area contributed by atoms with Crippen LogP contribution in [0, 0.1) is 5.82 Å². The van der Waals surface area contributed by atoms with Crippen molar-refractivity contribution in [2.45, 2.75) is 39.7 Å². The molecule has 2 aromatic heterocycles. The number of hydrogen-bond acceptors (Lipinski definition) is 6. The maximum absolute atomic E-state index is 15.2. The van der Waals surface area contributed by atoms with Crippen LogP contribution in [0.2, 0.25) is 0 Å². The molecule has 9 heteroatoms. The summed E-state index contributed by atoms with van der Waals surface area (Å²) < 4.78 is 28.5. The number of halogens is 1. The Labute approximate surface area is 199 Å². The van der Waals surface area contributed by atoms with Crippen molar-refractivity contribution in [1.29, 1.82) is 0 Å². The first-order valence-electron chi connectivity index (χ1n) is 11.1. The number of aromatic nitrogens is 2. The molecule has 0 bridgehead atoms. The van der Waals surface area contributed by atoms with Gasteiger partial charge in [0.1, 0.15) is 11.4 Å². The van der Waals surface area contributed by atoms with Crippen molar-refractivity contribution in [1.82, 2.24) is 9.38 Å². The summed E-state index contributed by atoms with van der Waals surface area (Å²) in [6.07, 6.45) is 1.93. The van der Waals surface area contributed by atoms with E-state index in [4.69, 9.17) is 9.47 Å². The highest BCUT2D eigenvalue weighted by atomic mass is 32.1. The average Bonchev–Trinajstić information content (AvgIpc) is 3.43. The lowest BCUT2D eigenvalue weighted by molar-refractivity contribution is 0.0525. The van der Waals surface area contributed by atoms with Gasteiger partial charge in [-0.05, 0) is 70.0 Å². The first kappa shape index (κ1) is 22.3. The quantitative estimate of drug-likeness (QED) is 0.344. The van der Waals surface area contributed by atoms with E-state index in [0.29, 0.717) is 47.0 Å². The molecule has 0 aliphatic carbocycles. The van der Waals surface area contributed by atoms with E-state index in [1.54, 1.807) is 52.1 Å². The molecule has 4 aromatic rings. The lowest BCUT2D eigenvalue weighted by atomic mass is 10.1. The molecule has 3 heterocycles. The number of carbonyl (C=O) groups excluding carboxylic acids is 2. The molecule has 176 valence electrons. The molecule has 2 aromatic carbocycles. The number of ether oxygens (including phenoxy) is 2. The Bertz CT molecular complexity index is 1450. The number of amides is 1. The van der Waals surface area contributed by atoms with Gasteiger partial charge in [0.15, 0.2) is 4.96 Å². The molecular formula is C25H24FN3O4S. The topological polar surface area (TPSA) is 73.1 Å². The van der Waals surface area contributed by atoms with E-state index >= 15 is 4.39 Å². The van der Waals surface area contributed by atoms with Crippen LogP contribution in [0.4, 0.5) is 14.9 Å². The van der Waals surface area contributed by atoms with Crippen LogP contribution < -0.4 is 4.90 Å². The monoisotopic (exact) mass is 481 g/mol. The summed E-state index contributed by atoms with van der Waals surface area (Å²) in [4.78, 5) is 31.4. The Hall–Kier alpha value is -3.46. The Balaban J connectivity index is 1.48. The van der Waals surface area contributed by atoms with Gasteiger partial charge >= 0.3 is 12.1 Å². The second-order valence-electron chi connectivity index (χ2n) is 9.13. The highest BCUT2D eigenvalue weighted by Crippen LogP contribution is 2.37. The summed E-state index contributed by atoms with van der Waals surface area (Å²) in [6.45, 7) is 7.94. The summed E-state index contributed by atoms with van der Waals surface area (Å²) >= 11 is 1.42. The molecule has 1 amide bonds. The maximum Gasteiger partial charge on any atom is 0.414 e. The third-order valence-electron chi connectivity index (χ3n) is 5.56. The number of anilines is 1. The Kier molecular flexibility index (Phi) is 5.31. The molecule has 0 saturated heterocycles. The van der Waals surface area contributed by atoms with Crippen LogP contribution in [0.3, 0.4) is 0 Å². The molecular weight excluding hydrogens is 457 g/mol. The van der Waals surface area contributed by atoms with E-state index in [2.05, 4.69) is 4.98 Å². The fraction of sp³-hybridized carbons (Fsp3) is 0.320. The van der Waals surface area contributed by atoms with Crippen molar-refractivity contribution >= 4 is 44.3 Å². The molecule has 34 heavy (non-hydrogen) atoms. The number of imidazole rings is 1. The van der Waals surface area contributed by atoms with E-state index in [-0.39, 0.29) is 5.97 Å². The molecule has 5 rings (SSSR count). The van der Waals surface area contributed by atoms with Crippen molar-refractivity contribution in [2.75, 3.05) is 18.1 Å². The van der Waals surface area contributed by atoms with Gasteiger partial charge < -0.3 is 9.47 Å². The summed E-state index contributed by atoms with van der Waals surface area (Å²) in [6, 6.07) is 8.50. The van der Waals surface area contributed by atoms with Crippen LogP contribution >= 0.6 is 11.3 Å². The minimum atomic E-state index is -0.625. The zero-order valence-corrected chi connectivity index (χ0v) is 20.2. The van der Waals surface area contributed by atoms with E-state index < -0.39 is 17.5 Å². The Morgan fingerprint density at radius 3 is 2.74 bits per heavy atom. The fourth-order valence-electron chi connectivity index (χ4n) is 4.09. The number of carbonyl (C=O) groups is 2. The van der Waals surface area contributed by atoms with Gasteiger partial charge in [0.2, 0.25) is 0 Å². The molecule has 0 unspecified atom stereocenters. The molecule has 0 fully saturated rings. The Morgan fingerprint density at radius 2 is 2.00 bits per heavy atom. The van der Waals surface area contributed by atoms with Crippen LogP contribution in [0.25, 0.3) is 26.4 Å². The van der Waals surface area contributed by atoms with Crippen LogP contribution in [0.5, 0.6) is 0 Å². The maximum atomic E-state index is 15.2. The van der Waals surface area contributed by atoms with E-state index in [1.807, 2.05) is 10.5 Å². The highest BCUT2D eigenvalue weighted by molar-refractivity contribution is 7.23. The summed E-state index contributed by atoms with van der Waals surface area (Å²) in [7, 11) is 0. The van der Waals surface area contributed by atoms with E-state index in [1.165, 1.54) is 22.3 Å². The third kappa shape index (κ3) is 3.90. The minimum Gasteiger partial charge on any atom is -0.462 e. The van der Waals surface area contributed by atoms with Gasteiger partial charge in [0.25, 0.3) is 0 Å². The lowest BCUT2D eigenvalue weighted by Gasteiger charge is -2.24. The van der Waals surface area contributed by atoms with Crippen LogP contribution in [-0.2, 0) is 15.9 Å². The number of esters is 1. The lowest BCUT2D eigenvalue weighted by Crippen LogP contribution is -2.35. The second-order valence-corrected chi connectivity index (χ2v) is 10.1. The first-order valence-corrected chi connectivity index (χ1v) is 11.9. The molecule has 0 atom stereocenters. The number of rotatable bonds is 3. The SMILES string of the molecule is CCOC(=O)c1ccc2c(c1)sc1nc(-c3cc4c(cc3F)N(C(=O)OC(C)(C)C)CC4)cn12. The number of thiazole rings is 1. The molecule has 0 N–H and O–H groups in total. The number of hydrogen-bond donors (Lipinski definition) is 0. The van der Waals surface area contributed by atoms with Crippen LogP contribution in [-0.4, -0.2) is 40.2 Å². The highest BCUT2D eigenvalue weighted by Gasteiger charge is 2.30. The molecule has 1 aliphatic heterocycles. The second kappa shape index (κ2) is 8.09. The number of fused-ring (bicyclic) bond motifs is 4. The molecule has 0 saturated carbocycles. The third-order valence-corrected chi connectivity index (χ3v) is 6.58. The predicted octanol–water partition coefficient (Wildman–Crippen LogP) is 5.83. The molecule has 0 spiro atoms. The molecule has 7 nitrogen and oxygen atoms in total. The normalized spacial score (nSPS) is 13.5. The summed E-state index contributed by atoms with van der Waals surface area (Å²) in [5.41, 5.74) is 3.05. The van der Waals surface area contributed by atoms with E-state index in [9.17, 15) is 9.59 Å². The zero-order chi connectivity index (χ0) is 24.2. The van der Waals surface area contributed by atoms with Crippen LogP contribution in [0.1, 0.15) is 43.6 Å². The molecule has 0 radical (unpaired) electrons. The van der Waals surface area contributed by atoms with E-state index in [0.717, 1.165) is 15.8 Å². The first-order chi connectivity index (χ1) is 16.1. The van der Waals surface area contributed by atoms with Crippen molar-refractivity contribution < 1.29 is 23.5 Å². The Morgan fingerprint density at radius 1 is 1.21 bits per heavy atom. The van der Waals surface area contributed by atoms with Crippen molar-refractivity contribution in [2.24, 2.45) is 0 Å². The van der Waals surface area contributed by atoms with Gasteiger partial charge in [-0.15, -0.1) is 0 Å². The summed E-state index contributed by atoms with van der Waals surface area (Å²) in [5.74, 6) is -0.814. The van der Waals surface area contributed by atoms with Gasteiger partial charge in [0, 0.05) is 18.3 Å². The fourth-order valence-corrected chi connectivity index (χ4v) is 5.13. The number of nitrogens with zero attached hydrogens (tertiary/aromatic N) is 3. The predicted molar refractivity (Wildman–Crippen MR) is 129 cm³/mol. The summed E-state index contributed by atoms with van der Waals surface area (Å²) in [5, 5.41) is 0. The van der Waals surface area contributed by atoms with Crippen molar-refractivity contribution in [3.05, 3.63) is 53.5 Å². The smallest absolute Gasteiger partial charge is 0.414 e. The van der Waals surface area contributed by atoms with Gasteiger partial charge in [-0.25, -0.2) is 19.0 Å². The van der Waals surface area contributed by atoms with Crippen molar-refractivity contribution in [3.8, 4) is 11.3 Å². The zero-order valence-electron chi connectivity index (χ0n) is 19.3. The van der Waals surface area contributed by atoms with Gasteiger partial charge in [-0.3, -0.25) is 9.30 Å². The largest absolute Gasteiger partial charge is 0.462 e. The van der Waals surface area contributed by atoms with Crippen LogP contribution in [0.15, 0.2) is 36.5 Å². The number of benzene rings is 2. The van der Waals surface area contributed by atoms with Crippen molar-refractivity contribution in [3.63, 3.8) is 0 Å². The van der Waals surface area contributed by atoms with Gasteiger partial charge in [0.05, 0.1) is 33.8 Å². The standard InChI is InChI=1S/C25H24FN3O4S/c1-5-32-22(30)15-6-7-19-21(11-15)34-23-27-18(13-29(19)23)16-10-14-8-9-28(20(14)12-17(16)26)24(31)33-25(2,3)4/h6-7,10-13H,5,8-9H2,1-4H3. The minimum absolute atomic E-state index is 0.315. The average molecular weight is 482 g/mol. The molecule has 1 aliphatic rings.